The van der Waals surface area contributed by atoms with E-state index in [-0.39, 0.29) is 13.0 Å². The average molecular weight is 350 g/mol. The zero-order valence-corrected chi connectivity index (χ0v) is 13.7. The Morgan fingerprint density at radius 2 is 1.83 bits per heavy atom. The number of alkyl halides is 3. The lowest BCUT2D eigenvalue weighted by Gasteiger charge is -2.40. The molecule has 1 aliphatic heterocycles. The first-order valence-electron chi connectivity index (χ1n) is 7.43. The Labute approximate surface area is 138 Å². The lowest BCUT2D eigenvalue weighted by molar-refractivity contribution is -0.201. The number of piperidine rings is 1. The summed E-state index contributed by atoms with van der Waals surface area (Å²) in [4.78, 5) is 13.5. The van der Waals surface area contributed by atoms with Crippen molar-refractivity contribution in [2.75, 3.05) is 6.54 Å². The Morgan fingerprint density at radius 3 is 2.39 bits per heavy atom. The van der Waals surface area contributed by atoms with Gasteiger partial charge in [0.2, 0.25) is 0 Å². The number of carbonyl (C=O) groups excluding carboxylic acids is 1. The quantitative estimate of drug-likeness (QED) is 0.807. The lowest BCUT2D eigenvalue weighted by atomic mass is 9.98. The molecule has 0 radical (unpaired) electrons. The Hall–Kier alpha value is -1.43. The fourth-order valence-electron chi connectivity index (χ4n) is 2.70. The van der Waals surface area contributed by atoms with Crippen molar-refractivity contribution in [3.8, 4) is 5.75 Å². The molecule has 0 saturated carbocycles. The summed E-state index contributed by atoms with van der Waals surface area (Å²) in [6, 6.07) is 4.61. The topological polar surface area (TPSA) is 29.5 Å². The molecule has 0 N–H and O–H groups in total. The van der Waals surface area contributed by atoms with Crippen molar-refractivity contribution < 1.29 is 22.7 Å². The maximum Gasteiger partial charge on any atom is 0.408 e. The zero-order chi connectivity index (χ0) is 17.3. The maximum absolute atomic E-state index is 13.2. The van der Waals surface area contributed by atoms with E-state index >= 15 is 0 Å². The van der Waals surface area contributed by atoms with E-state index < -0.39 is 23.7 Å². The molecule has 1 saturated heterocycles. The van der Waals surface area contributed by atoms with Gasteiger partial charge in [0.05, 0.1) is 0 Å². The molecular formula is C16H19ClF3NO2. The van der Waals surface area contributed by atoms with Crippen molar-refractivity contribution >= 4 is 17.5 Å². The highest BCUT2D eigenvalue weighted by Crippen LogP contribution is 2.34. The van der Waals surface area contributed by atoms with Crippen LogP contribution in [0.1, 0.15) is 33.1 Å². The number of halogens is 4. The molecule has 128 valence electrons. The predicted molar refractivity (Wildman–Crippen MR) is 81.6 cm³/mol. The van der Waals surface area contributed by atoms with Crippen LogP contribution in [0.25, 0.3) is 0 Å². The number of nitrogens with zero attached hydrogens (tertiary/aromatic N) is 1. The van der Waals surface area contributed by atoms with Crippen molar-refractivity contribution in [1.82, 2.24) is 4.90 Å². The molecule has 0 bridgehead atoms. The van der Waals surface area contributed by atoms with E-state index in [0.29, 0.717) is 23.6 Å². The number of carbonyl (C=O) groups is 1. The minimum Gasteiger partial charge on any atom is -0.478 e. The molecule has 3 nitrogen and oxygen atoms in total. The van der Waals surface area contributed by atoms with E-state index in [1.165, 1.54) is 13.8 Å². The normalized spacial score (nSPS) is 19.6. The molecule has 1 atom stereocenters. The standard InChI is InChI=1S/C16H19ClF3NO2/c1-15(2,23-12-8-6-11(17)7-9-12)14(22)21-10-4-3-5-13(21)16(18,19)20/h6-9,13H,3-5,10H2,1-2H3. The lowest BCUT2D eigenvalue weighted by Crippen LogP contribution is -2.58. The van der Waals surface area contributed by atoms with Crippen LogP contribution >= 0.6 is 11.6 Å². The second-order valence-electron chi connectivity index (χ2n) is 6.12. The van der Waals surface area contributed by atoms with Crippen LogP contribution in [0.3, 0.4) is 0 Å². The van der Waals surface area contributed by atoms with Gasteiger partial charge in [-0.1, -0.05) is 11.6 Å². The first-order chi connectivity index (χ1) is 10.6. The molecule has 1 aliphatic rings. The minimum atomic E-state index is -4.42. The highest BCUT2D eigenvalue weighted by atomic mass is 35.5. The molecule has 1 aromatic carbocycles. The second kappa shape index (κ2) is 6.59. The smallest absolute Gasteiger partial charge is 0.408 e. The van der Waals surface area contributed by atoms with Crippen LogP contribution in [0.2, 0.25) is 5.02 Å². The molecule has 23 heavy (non-hydrogen) atoms. The summed E-state index contributed by atoms with van der Waals surface area (Å²) < 4.78 is 45.1. The van der Waals surface area contributed by atoms with E-state index in [0.717, 1.165) is 4.90 Å². The van der Waals surface area contributed by atoms with Gasteiger partial charge in [-0.2, -0.15) is 13.2 Å². The van der Waals surface area contributed by atoms with Gasteiger partial charge in [-0.05, 0) is 57.4 Å². The van der Waals surface area contributed by atoms with Gasteiger partial charge in [-0.3, -0.25) is 4.79 Å². The molecule has 0 aliphatic carbocycles. The monoisotopic (exact) mass is 349 g/mol. The molecule has 1 heterocycles. The molecule has 1 amide bonds. The Kier molecular flexibility index (Phi) is 5.14. The van der Waals surface area contributed by atoms with E-state index in [1.54, 1.807) is 24.3 Å². The second-order valence-corrected chi connectivity index (χ2v) is 6.55. The number of amides is 1. The highest BCUT2D eigenvalue weighted by molar-refractivity contribution is 6.30. The van der Waals surface area contributed by atoms with Crippen LogP contribution in [-0.2, 0) is 4.79 Å². The van der Waals surface area contributed by atoms with Gasteiger partial charge in [0.25, 0.3) is 5.91 Å². The van der Waals surface area contributed by atoms with Gasteiger partial charge in [0.15, 0.2) is 5.60 Å². The number of likely N-dealkylation sites (tertiary alicyclic amines) is 1. The fourth-order valence-corrected chi connectivity index (χ4v) is 2.83. The van der Waals surface area contributed by atoms with Crippen molar-refractivity contribution in [2.45, 2.75) is 50.9 Å². The molecule has 1 unspecified atom stereocenters. The summed E-state index contributed by atoms with van der Waals surface area (Å²) in [6.45, 7) is 3.05. The minimum absolute atomic E-state index is 0.0632. The van der Waals surface area contributed by atoms with Crippen LogP contribution < -0.4 is 4.74 Å². The molecular weight excluding hydrogens is 331 g/mol. The Balaban J connectivity index is 2.17. The zero-order valence-electron chi connectivity index (χ0n) is 13.0. The number of hydrogen-bond acceptors (Lipinski definition) is 2. The summed E-state index contributed by atoms with van der Waals surface area (Å²) >= 11 is 5.78. The average Bonchev–Trinajstić information content (AvgIpc) is 2.48. The van der Waals surface area contributed by atoms with E-state index in [9.17, 15) is 18.0 Å². The van der Waals surface area contributed by atoms with Crippen molar-refractivity contribution in [1.29, 1.82) is 0 Å². The third-order valence-electron chi connectivity index (χ3n) is 3.84. The number of benzene rings is 1. The summed E-state index contributed by atoms with van der Waals surface area (Å²) in [6.07, 6.45) is -3.46. The van der Waals surface area contributed by atoms with Crippen LogP contribution in [0, 0.1) is 0 Å². The SMILES string of the molecule is CC(C)(Oc1ccc(Cl)cc1)C(=O)N1CCCCC1C(F)(F)F. The molecule has 7 heteroatoms. The summed E-state index contributed by atoms with van der Waals surface area (Å²) in [5.41, 5.74) is -1.39. The van der Waals surface area contributed by atoms with Crippen molar-refractivity contribution in [3.05, 3.63) is 29.3 Å². The molecule has 0 spiro atoms. The van der Waals surface area contributed by atoms with Gasteiger partial charge >= 0.3 is 6.18 Å². The van der Waals surface area contributed by atoms with Gasteiger partial charge in [-0.25, -0.2) is 0 Å². The molecule has 2 rings (SSSR count). The summed E-state index contributed by atoms with van der Waals surface area (Å²) in [5.74, 6) is -0.275. The molecule has 1 aromatic rings. The number of ether oxygens (including phenoxy) is 1. The van der Waals surface area contributed by atoms with Crippen molar-refractivity contribution in [2.24, 2.45) is 0 Å². The Morgan fingerprint density at radius 1 is 1.22 bits per heavy atom. The van der Waals surface area contributed by atoms with E-state index in [2.05, 4.69) is 0 Å². The van der Waals surface area contributed by atoms with Crippen molar-refractivity contribution in [3.63, 3.8) is 0 Å². The maximum atomic E-state index is 13.2. The van der Waals surface area contributed by atoms with Gasteiger partial charge in [-0.15, -0.1) is 0 Å². The fraction of sp³-hybridized carbons (Fsp3) is 0.562. The van der Waals surface area contributed by atoms with Crippen LogP contribution in [0.5, 0.6) is 5.75 Å². The van der Waals surface area contributed by atoms with Crippen LogP contribution in [0.4, 0.5) is 13.2 Å². The van der Waals surface area contributed by atoms with Crippen LogP contribution in [0.15, 0.2) is 24.3 Å². The third-order valence-corrected chi connectivity index (χ3v) is 4.10. The summed E-state index contributed by atoms with van der Waals surface area (Å²) in [5, 5.41) is 0.509. The number of rotatable bonds is 3. The Bertz CT molecular complexity index is 557. The third kappa shape index (κ3) is 4.31. The van der Waals surface area contributed by atoms with E-state index in [1.807, 2.05) is 0 Å². The first kappa shape index (κ1) is 17.9. The number of hydrogen-bond donors (Lipinski definition) is 0. The molecule has 0 aromatic heterocycles. The van der Waals surface area contributed by atoms with Gasteiger partial charge in [0, 0.05) is 11.6 Å². The molecule has 1 fully saturated rings. The van der Waals surface area contributed by atoms with Crippen LogP contribution in [-0.4, -0.2) is 35.2 Å². The predicted octanol–water partition coefficient (Wildman–Crippen LogP) is 4.44. The van der Waals surface area contributed by atoms with Gasteiger partial charge in [0.1, 0.15) is 11.8 Å². The highest BCUT2D eigenvalue weighted by Gasteiger charge is 2.49. The first-order valence-corrected chi connectivity index (χ1v) is 7.81. The largest absolute Gasteiger partial charge is 0.478 e. The van der Waals surface area contributed by atoms with Gasteiger partial charge < -0.3 is 9.64 Å². The summed E-state index contributed by atoms with van der Waals surface area (Å²) in [7, 11) is 0. The van der Waals surface area contributed by atoms with E-state index in [4.69, 9.17) is 16.3 Å².